The molecule has 1 aliphatic heterocycles. The number of nitrogens with one attached hydrogen (secondary N) is 1. The number of benzene rings is 2. The van der Waals surface area contributed by atoms with Crippen LogP contribution in [0.25, 0.3) is 11.3 Å². The summed E-state index contributed by atoms with van der Waals surface area (Å²) in [7, 11) is 3.58. The second-order valence-corrected chi connectivity index (χ2v) is 8.41. The fraction of sp³-hybridized carbons (Fsp3) is 0.308. The molecule has 2 heterocycles. The van der Waals surface area contributed by atoms with Crippen LogP contribution in [0.2, 0.25) is 0 Å². The minimum atomic E-state index is -0.0223. The number of carbonyl (C=O) groups is 1. The van der Waals surface area contributed by atoms with Gasteiger partial charge in [-0.15, -0.1) is 0 Å². The fourth-order valence-corrected chi connectivity index (χ4v) is 3.97. The average molecular weight is 463 g/mol. The van der Waals surface area contributed by atoms with Gasteiger partial charge in [-0.1, -0.05) is 6.07 Å². The van der Waals surface area contributed by atoms with Crippen LogP contribution in [-0.4, -0.2) is 43.4 Å². The summed E-state index contributed by atoms with van der Waals surface area (Å²) in [6.45, 7) is 1.67. The monoisotopic (exact) mass is 462 g/mol. The number of hydrogen-bond donors (Lipinski definition) is 3. The van der Waals surface area contributed by atoms with E-state index in [-0.39, 0.29) is 17.6 Å². The van der Waals surface area contributed by atoms with E-state index in [2.05, 4.69) is 10.3 Å². The highest BCUT2D eigenvalue weighted by atomic mass is 16.5. The van der Waals surface area contributed by atoms with E-state index in [9.17, 15) is 9.90 Å². The van der Waals surface area contributed by atoms with E-state index in [1.807, 2.05) is 54.4 Å². The zero-order chi connectivity index (χ0) is 24.1. The van der Waals surface area contributed by atoms with Gasteiger partial charge in [0, 0.05) is 55.7 Å². The number of methoxy groups -OCH3 is 1. The van der Waals surface area contributed by atoms with Crippen molar-refractivity contribution in [2.75, 3.05) is 38.0 Å². The van der Waals surface area contributed by atoms with Gasteiger partial charge in [-0.2, -0.15) is 0 Å². The van der Waals surface area contributed by atoms with Crippen LogP contribution in [0.1, 0.15) is 18.4 Å². The van der Waals surface area contributed by atoms with Crippen LogP contribution in [0, 0.1) is 5.92 Å². The molecule has 0 bridgehead atoms. The number of hydrogen-bond acceptors (Lipinski definition) is 7. The molecular formula is C26H30N4O4. The van der Waals surface area contributed by atoms with Crippen LogP contribution >= 0.6 is 0 Å². The van der Waals surface area contributed by atoms with Gasteiger partial charge in [-0.05, 0) is 60.9 Å². The Morgan fingerprint density at radius 2 is 1.97 bits per heavy atom. The van der Waals surface area contributed by atoms with Crippen molar-refractivity contribution in [1.82, 2.24) is 10.3 Å². The van der Waals surface area contributed by atoms with Crippen molar-refractivity contribution < 1.29 is 19.4 Å². The number of phenols is 1. The van der Waals surface area contributed by atoms with Gasteiger partial charge in [0.05, 0.1) is 12.8 Å². The van der Waals surface area contributed by atoms with Crippen molar-refractivity contribution in [3.05, 3.63) is 60.2 Å². The number of anilines is 3. The first-order valence-electron chi connectivity index (χ1n) is 11.3. The zero-order valence-corrected chi connectivity index (χ0v) is 19.5. The number of amides is 1. The van der Waals surface area contributed by atoms with Crippen molar-refractivity contribution in [3.63, 3.8) is 0 Å². The number of nitrogens with zero attached hydrogens (tertiary/aromatic N) is 2. The minimum Gasteiger partial charge on any atom is -0.507 e. The molecule has 0 radical (unpaired) electrons. The second-order valence-electron chi connectivity index (χ2n) is 8.41. The van der Waals surface area contributed by atoms with E-state index < -0.39 is 0 Å². The summed E-state index contributed by atoms with van der Waals surface area (Å²) in [5.74, 6) is 1.47. The Morgan fingerprint density at radius 1 is 1.21 bits per heavy atom. The molecule has 8 nitrogen and oxygen atoms in total. The molecule has 34 heavy (non-hydrogen) atoms. The molecule has 4 rings (SSSR count). The van der Waals surface area contributed by atoms with Crippen molar-refractivity contribution in [1.29, 1.82) is 0 Å². The lowest BCUT2D eigenvalue weighted by Crippen LogP contribution is -2.25. The van der Waals surface area contributed by atoms with E-state index >= 15 is 0 Å². The van der Waals surface area contributed by atoms with Gasteiger partial charge < -0.3 is 30.5 Å². The van der Waals surface area contributed by atoms with Crippen LogP contribution in [0.4, 0.5) is 17.2 Å². The summed E-state index contributed by atoms with van der Waals surface area (Å²) in [4.78, 5) is 18.7. The average Bonchev–Trinajstić information content (AvgIpc) is 3.36. The number of phenolic OH excluding ortho intramolecular Hbond substituents is 1. The number of pyridine rings is 1. The Morgan fingerprint density at radius 3 is 2.65 bits per heavy atom. The number of nitrogen functional groups attached to an aromatic ring is 1. The summed E-state index contributed by atoms with van der Waals surface area (Å²) >= 11 is 0. The summed E-state index contributed by atoms with van der Waals surface area (Å²) in [5.41, 5.74) is 9.89. The lowest BCUT2D eigenvalue weighted by Gasteiger charge is -2.21. The van der Waals surface area contributed by atoms with Crippen LogP contribution in [0.3, 0.4) is 0 Å². The summed E-state index contributed by atoms with van der Waals surface area (Å²) in [5, 5.41) is 13.4. The van der Waals surface area contributed by atoms with Crippen LogP contribution in [-0.2, 0) is 16.1 Å². The Kier molecular flexibility index (Phi) is 7.18. The normalized spacial score (nSPS) is 15.2. The Balaban J connectivity index is 1.47. The summed E-state index contributed by atoms with van der Waals surface area (Å²) in [6.07, 6.45) is 1.37. The first-order chi connectivity index (χ1) is 16.4. The Labute approximate surface area is 199 Å². The van der Waals surface area contributed by atoms with Gasteiger partial charge in [-0.25, -0.2) is 4.98 Å². The lowest BCUT2D eigenvalue weighted by atomic mass is 10.0. The molecule has 0 saturated carbocycles. The maximum absolute atomic E-state index is 12.2. The first kappa shape index (κ1) is 23.4. The number of aromatic nitrogens is 1. The van der Waals surface area contributed by atoms with E-state index in [0.29, 0.717) is 36.6 Å². The molecule has 1 fully saturated rings. The van der Waals surface area contributed by atoms with Crippen molar-refractivity contribution in [2.45, 2.75) is 19.4 Å². The molecule has 1 atom stereocenters. The molecule has 1 unspecified atom stereocenters. The summed E-state index contributed by atoms with van der Waals surface area (Å²) in [6, 6.07) is 16.7. The molecule has 1 saturated heterocycles. The summed E-state index contributed by atoms with van der Waals surface area (Å²) < 4.78 is 10.6. The van der Waals surface area contributed by atoms with E-state index in [1.165, 1.54) is 0 Å². The maximum Gasteiger partial charge on any atom is 0.220 e. The van der Waals surface area contributed by atoms with Crippen molar-refractivity contribution in [2.24, 2.45) is 5.92 Å². The third-order valence-electron chi connectivity index (χ3n) is 6.09. The standard InChI is InChI=1S/C26H30N4O4/c1-30(19-4-7-21(33-2)8-5-19)20-6-10-24(31)22(14-20)23-9-3-18(26(27)29-23)15-28-25(32)13-17-11-12-34-16-17/h3-10,14,17,31H,11-13,15-16H2,1-2H3,(H2,27,29)(H,28,32). The predicted octanol–water partition coefficient (Wildman–Crippen LogP) is 3.86. The maximum atomic E-state index is 12.2. The van der Waals surface area contributed by atoms with E-state index in [4.69, 9.17) is 15.2 Å². The lowest BCUT2D eigenvalue weighted by molar-refractivity contribution is -0.122. The van der Waals surface area contributed by atoms with Gasteiger partial charge in [0.15, 0.2) is 0 Å². The second kappa shape index (κ2) is 10.4. The largest absolute Gasteiger partial charge is 0.507 e. The molecule has 0 spiro atoms. The Hall–Kier alpha value is -3.78. The fourth-order valence-electron chi connectivity index (χ4n) is 3.97. The van der Waals surface area contributed by atoms with Gasteiger partial charge in [0.1, 0.15) is 17.3 Å². The van der Waals surface area contributed by atoms with Crippen LogP contribution in [0.5, 0.6) is 11.5 Å². The van der Waals surface area contributed by atoms with Gasteiger partial charge in [0.2, 0.25) is 5.91 Å². The molecule has 1 aromatic heterocycles. The molecule has 0 aliphatic carbocycles. The number of ether oxygens (including phenoxy) is 2. The third-order valence-corrected chi connectivity index (χ3v) is 6.09. The van der Waals surface area contributed by atoms with Crippen LogP contribution < -0.4 is 20.7 Å². The topological polar surface area (TPSA) is 110 Å². The molecule has 2 aromatic carbocycles. The number of aromatic hydroxyl groups is 1. The smallest absolute Gasteiger partial charge is 0.220 e. The first-order valence-corrected chi connectivity index (χ1v) is 11.3. The predicted molar refractivity (Wildman–Crippen MR) is 132 cm³/mol. The van der Waals surface area contributed by atoms with Crippen molar-refractivity contribution in [3.8, 4) is 22.8 Å². The van der Waals surface area contributed by atoms with Crippen LogP contribution in [0.15, 0.2) is 54.6 Å². The number of carbonyl (C=O) groups excluding carboxylic acids is 1. The molecule has 8 heteroatoms. The number of rotatable bonds is 8. The number of nitrogens with two attached hydrogens (primary N) is 1. The SMILES string of the molecule is COc1ccc(N(C)c2ccc(O)c(-c3ccc(CNC(=O)CC4CCOC4)c(N)n3)c2)cc1. The van der Waals surface area contributed by atoms with Crippen molar-refractivity contribution >= 4 is 23.1 Å². The molecule has 4 N–H and O–H groups in total. The molecule has 178 valence electrons. The molecular weight excluding hydrogens is 432 g/mol. The molecule has 1 aliphatic rings. The Bertz CT molecular complexity index is 1140. The molecule has 1 amide bonds. The van der Waals surface area contributed by atoms with E-state index in [1.54, 1.807) is 19.2 Å². The third kappa shape index (κ3) is 5.40. The quantitative estimate of drug-likeness (QED) is 0.466. The minimum absolute atomic E-state index is 0.0223. The highest BCUT2D eigenvalue weighted by Crippen LogP contribution is 2.35. The van der Waals surface area contributed by atoms with E-state index in [0.717, 1.165) is 35.7 Å². The van der Waals surface area contributed by atoms with Gasteiger partial charge >= 0.3 is 0 Å². The molecule has 3 aromatic rings. The highest BCUT2D eigenvalue weighted by Gasteiger charge is 2.19. The zero-order valence-electron chi connectivity index (χ0n) is 19.5. The van der Waals surface area contributed by atoms with Gasteiger partial charge in [0.25, 0.3) is 0 Å². The highest BCUT2D eigenvalue weighted by molar-refractivity contribution is 5.77. The van der Waals surface area contributed by atoms with Gasteiger partial charge in [-0.3, -0.25) is 4.79 Å².